The highest BCUT2D eigenvalue weighted by atomic mass is 16.5. The summed E-state index contributed by atoms with van der Waals surface area (Å²) >= 11 is 0. The van der Waals surface area contributed by atoms with Crippen molar-refractivity contribution in [3.05, 3.63) is 0 Å². The van der Waals surface area contributed by atoms with Gasteiger partial charge in [0.1, 0.15) is 17.8 Å². The van der Waals surface area contributed by atoms with Gasteiger partial charge in [-0.3, -0.25) is 9.59 Å². The molecule has 122 valence electrons. The van der Waals surface area contributed by atoms with E-state index < -0.39 is 66.2 Å². The SMILES string of the molecule is O=C(O)C[C@]12O[C@@H]3[C@@H](O)[C@@H](O)CN[C@@H]3[C@H]1C(=O)N[C@@H]2C(=O)O. The van der Waals surface area contributed by atoms with Gasteiger partial charge in [0.2, 0.25) is 5.91 Å². The van der Waals surface area contributed by atoms with Crippen molar-refractivity contribution in [3.8, 4) is 0 Å². The summed E-state index contributed by atoms with van der Waals surface area (Å²) in [5.74, 6) is -4.44. The van der Waals surface area contributed by atoms with Crippen molar-refractivity contribution in [1.29, 1.82) is 0 Å². The number of ether oxygens (including phenoxy) is 1. The number of hydrogen-bond donors (Lipinski definition) is 6. The number of aliphatic hydroxyl groups excluding tert-OH is 2. The van der Waals surface area contributed by atoms with Crippen molar-refractivity contribution in [3.63, 3.8) is 0 Å². The number of aliphatic carboxylic acids is 2. The van der Waals surface area contributed by atoms with Crippen molar-refractivity contribution in [2.24, 2.45) is 5.92 Å². The number of β-amino-alcohol motifs (C(OH)–C–C–N with tert-alkyl or cyclic N) is 1. The summed E-state index contributed by atoms with van der Waals surface area (Å²) in [5.41, 5.74) is -1.80. The maximum Gasteiger partial charge on any atom is 0.329 e. The van der Waals surface area contributed by atoms with Crippen LogP contribution >= 0.6 is 0 Å². The number of carbonyl (C=O) groups is 3. The van der Waals surface area contributed by atoms with Gasteiger partial charge < -0.3 is 35.8 Å². The summed E-state index contributed by atoms with van der Waals surface area (Å²) in [6, 6.07) is -2.29. The fraction of sp³-hybridized carbons (Fsp3) is 0.750. The molecular formula is C12H16N2O8. The number of amides is 1. The summed E-state index contributed by atoms with van der Waals surface area (Å²) in [7, 11) is 0. The van der Waals surface area contributed by atoms with E-state index in [9.17, 15) is 29.7 Å². The molecule has 0 saturated carbocycles. The standard InChI is InChI=1S/C12H16N2O8/c15-3-2-13-6-5-10(19)14-9(11(20)21)12(5,1-4(16)17)22-8(6)7(3)18/h3,5-9,13,15,18H,1-2H2,(H,14,19)(H,16,17)(H,20,21)/t3-,5-,6+,7-,8-,9+,12-/m0/s1. The first kappa shape index (κ1) is 15.2. The molecule has 0 aromatic rings. The van der Waals surface area contributed by atoms with Crippen LogP contribution in [0.1, 0.15) is 6.42 Å². The largest absolute Gasteiger partial charge is 0.481 e. The van der Waals surface area contributed by atoms with Gasteiger partial charge >= 0.3 is 11.9 Å². The Morgan fingerprint density at radius 3 is 2.59 bits per heavy atom. The van der Waals surface area contributed by atoms with E-state index in [0.29, 0.717) is 0 Å². The van der Waals surface area contributed by atoms with Crippen molar-refractivity contribution >= 4 is 17.8 Å². The molecule has 22 heavy (non-hydrogen) atoms. The molecule has 3 aliphatic heterocycles. The van der Waals surface area contributed by atoms with E-state index in [-0.39, 0.29) is 6.54 Å². The topological polar surface area (TPSA) is 165 Å². The summed E-state index contributed by atoms with van der Waals surface area (Å²) in [4.78, 5) is 34.8. The predicted molar refractivity (Wildman–Crippen MR) is 66.7 cm³/mol. The predicted octanol–water partition coefficient (Wildman–Crippen LogP) is -3.51. The summed E-state index contributed by atoms with van der Waals surface area (Å²) in [6.45, 7) is -0.00361. The Morgan fingerprint density at radius 1 is 1.32 bits per heavy atom. The van der Waals surface area contributed by atoms with Crippen LogP contribution in [0.2, 0.25) is 0 Å². The van der Waals surface area contributed by atoms with Gasteiger partial charge in [-0.25, -0.2) is 4.79 Å². The van der Waals surface area contributed by atoms with Crippen LogP contribution in [0.25, 0.3) is 0 Å². The quantitative estimate of drug-likeness (QED) is 0.309. The average molecular weight is 316 g/mol. The van der Waals surface area contributed by atoms with Crippen LogP contribution < -0.4 is 10.6 Å². The van der Waals surface area contributed by atoms with E-state index in [1.807, 2.05) is 0 Å². The Morgan fingerprint density at radius 2 is 2.00 bits per heavy atom. The van der Waals surface area contributed by atoms with Crippen LogP contribution in [0.5, 0.6) is 0 Å². The molecule has 0 radical (unpaired) electrons. The number of carbonyl (C=O) groups excluding carboxylic acids is 1. The normalized spacial score (nSPS) is 46.7. The lowest BCUT2D eigenvalue weighted by molar-refractivity contribution is -0.168. The number of carboxylic acids is 2. The van der Waals surface area contributed by atoms with Crippen molar-refractivity contribution in [2.75, 3.05) is 6.54 Å². The molecule has 3 heterocycles. The third kappa shape index (κ3) is 1.92. The van der Waals surface area contributed by atoms with Gasteiger partial charge in [-0.1, -0.05) is 0 Å². The second-order valence-corrected chi connectivity index (χ2v) is 5.86. The zero-order valence-corrected chi connectivity index (χ0v) is 11.3. The molecule has 6 N–H and O–H groups in total. The van der Waals surface area contributed by atoms with Crippen LogP contribution in [-0.4, -0.2) is 80.8 Å². The Kier molecular flexibility index (Phi) is 3.36. The molecular weight excluding hydrogens is 300 g/mol. The van der Waals surface area contributed by atoms with Crippen LogP contribution in [0.15, 0.2) is 0 Å². The number of aliphatic hydroxyl groups is 2. The lowest BCUT2D eigenvalue weighted by Crippen LogP contribution is -2.60. The van der Waals surface area contributed by atoms with Crippen LogP contribution in [0.4, 0.5) is 0 Å². The van der Waals surface area contributed by atoms with Crippen molar-refractivity contribution in [2.45, 2.75) is 42.4 Å². The van der Waals surface area contributed by atoms with Gasteiger partial charge in [0.15, 0.2) is 6.04 Å². The summed E-state index contributed by atoms with van der Waals surface area (Å²) < 4.78 is 5.60. The van der Waals surface area contributed by atoms with E-state index in [1.54, 1.807) is 0 Å². The monoisotopic (exact) mass is 316 g/mol. The van der Waals surface area contributed by atoms with Gasteiger partial charge in [-0.05, 0) is 0 Å². The molecule has 3 rings (SSSR count). The minimum atomic E-state index is -1.80. The van der Waals surface area contributed by atoms with Crippen molar-refractivity contribution in [1.82, 2.24) is 10.6 Å². The molecule has 3 fully saturated rings. The summed E-state index contributed by atoms with van der Waals surface area (Å²) in [6.07, 6.45) is -4.23. The third-order valence-electron chi connectivity index (χ3n) is 4.62. The van der Waals surface area contributed by atoms with E-state index in [1.165, 1.54) is 0 Å². The fourth-order valence-electron chi connectivity index (χ4n) is 3.75. The number of nitrogens with one attached hydrogen (secondary N) is 2. The first-order chi connectivity index (χ1) is 10.3. The highest BCUT2D eigenvalue weighted by Gasteiger charge is 2.70. The fourth-order valence-corrected chi connectivity index (χ4v) is 3.75. The van der Waals surface area contributed by atoms with E-state index in [0.717, 1.165) is 0 Å². The highest BCUT2D eigenvalue weighted by molar-refractivity contribution is 5.94. The molecule has 3 saturated heterocycles. The molecule has 10 nitrogen and oxygen atoms in total. The van der Waals surface area contributed by atoms with Crippen LogP contribution in [0.3, 0.4) is 0 Å². The molecule has 3 aliphatic rings. The second-order valence-electron chi connectivity index (χ2n) is 5.86. The molecule has 1 amide bonds. The Bertz CT molecular complexity index is 539. The highest BCUT2D eigenvalue weighted by Crippen LogP contribution is 2.47. The van der Waals surface area contributed by atoms with Gasteiger partial charge in [0, 0.05) is 6.54 Å². The lowest BCUT2D eigenvalue weighted by atomic mass is 9.78. The molecule has 10 heteroatoms. The number of piperidine rings is 1. The number of carboxylic acid groups (broad SMARTS) is 2. The van der Waals surface area contributed by atoms with Gasteiger partial charge in [-0.15, -0.1) is 0 Å². The first-order valence-electron chi connectivity index (χ1n) is 6.80. The Balaban J connectivity index is 2.04. The molecule has 7 atom stereocenters. The van der Waals surface area contributed by atoms with E-state index in [4.69, 9.17) is 9.84 Å². The lowest BCUT2D eigenvalue weighted by Gasteiger charge is -2.35. The minimum absolute atomic E-state index is 0.00361. The van der Waals surface area contributed by atoms with Crippen LogP contribution in [0, 0.1) is 5.92 Å². The second kappa shape index (κ2) is 4.88. The van der Waals surface area contributed by atoms with E-state index in [2.05, 4.69) is 10.6 Å². The Hall–Kier alpha value is -1.75. The first-order valence-corrected chi connectivity index (χ1v) is 6.80. The zero-order chi connectivity index (χ0) is 16.2. The Labute approximate surface area is 124 Å². The molecule has 0 aliphatic carbocycles. The molecule has 0 aromatic heterocycles. The van der Waals surface area contributed by atoms with Gasteiger partial charge in [-0.2, -0.15) is 0 Å². The summed E-state index contributed by atoms with van der Waals surface area (Å²) in [5, 5.41) is 43.2. The number of hydrogen-bond acceptors (Lipinski definition) is 7. The van der Waals surface area contributed by atoms with Crippen LogP contribution in [-0.2, 0) is 19.1 Å². The smallest absolute Gasteiger partial charge is 0.329 e. The van der Waals surface area contributed by atoms with Gasteiger partial charge in [0.05, 0.1) is 24.5 Å². The maximum atomic E-state index is 12.2. The molecule has 0 bridgehead atoms. The van der Waals surface area contributed by atoms with Gasteiger partial charge in [0.25, 0.3) is 0 Å². The molecule has 0 unspecified atom stereocenters. The number of rotatable bonds is 3. The van der Waals surface area contributed by atoms with Crippen molar-refractivity contribution < 1.29 is 39.5 Å². The zero-order valence-electron chi connectivity index (χ0n) is 11.3. The average Bonchev–Trinajstić information content (AvgIpc) is 2.87. The molecule has 0 aromatic carbocycles. The minimum Gasteiger partial charge on any atom is -0.481 e. The molecule has 0 spiro atoms. The van der Waals surface area contributed by atoms with E-state index >= 15 is 0 Å². The maximum absolute atomic E-state index is 12.2. The third-order valence-corrected chi connectivity index (χ3v) is 4.62. The number of fused-ring (bicyclic) bond motifs is 3.